The first kappa shape index (κ1) is 20.8. The van der Waals surface area contributed by atoms with Crippen LogP contribution in [0.1, 0.15) is 58.9 Å². The molecule has 1 aliphatic carbocycles. The van der Waals surface area contributed by atoms with Gasteiger partial charge in [-0.05, 0) is 43.4 Å². The molecule has 1 heterocycles. The molecule has 0 spiro atoms. The van der Waals surface area contributed by atoms with Crippen LogP contribution in [-0.4, -0.2) is 24.3 Å². The molecule has 6 heteroatoms. The zero-order valence-electron chi connectivity index (χ0n) is 17.5. The van der Waals surface area contributed by atoms with Crippen LogP contribution in [0.25, 0.3) is 0 Å². The predicted octanol–water partition coefficient (Wildman–Crippen LogP) is 3.78. The number of rotatable bonds is 4. The fourth-order valence-corrected chi connectivity index (χ4v) is 4.14. The Balaban J connectivity index is 2.11. The molecule has 1 N–H and O–H groups in total. The smallest absolute Gasteiger partial charge is 0.336 e. The standard InChI is InChI=1S/C23H27NO5/c1-6-28-22(27)19-13(2)24-17-11-23(4,5)12-18(26)21(17)20(19)15-7-9-16(10-8-15)29-14(3)25/h7-10,20,24H,6,11-12H2,1-5H3. The van der Waals surface area contributed by atoms with E-state index in [9.17, 15) is 14.4 Å². The van der Waals surface area contributed by atoms with Gasteiger partial charge in [0.25, 0.3) is 0 Å². The molecule has 1 aliphatic heterocycles. The molecular formula is C23H27NO5. The molecule has 0 bridgehead atoms. The fourth-order valence-electron chi connectivity index (χ4n) is 4.14. The maximum absolute atomic E-state index is 13.1. The van der Waals surface area contributed by atoms with Crippen LogP contribution >= 0.6 is 0 Å². The second-order valence-electron chi connectivity index (χ2n) is 8.31. The highest BCUT2D eigenvalue weighted by atomic mass is 16.5. The van der Waals surface area contributed by atoms with Crippen molar-refractivity contribution in [3.8, 4) is 5.75 Å². The van der Waals surface area contributed by atoms with E-state index in [-0.39, 0.29) is 17.8 Å². The summed E-state index contributed by atoms with van der Waals surface area (Å²) in [6.45, 7) is 9.32. The van der Waals surface area contributed by atoms with Gasteiger partial charge in [-0.3, -0.25) is 9.59 Å². The van der Waals surface area contributed by atoms with Crippen LogP contribution in [0.3, 0.4) is 0 Å². The average molecular weight is 397 g/mol. The Hall–Kier alpha value is -2.89. The Morgan fingerprint density at radius 2 is 1.83 bits per heavy atom. The number of dihydropyridines is 1. The summed E-state index contributed by atoms with van der Waals surface area (Å²) in [6.07, 6.45) is 1.15. The molecule has 0 fully saturated rings. The molecule has 0 saturated carbocycles. The van der Waals surface area contributed by atoms with Crippen molar-refractivity contribution in [2.75, 3.05) is 6.61 Å². The largest absolute Gasteiger partial charge is 0.463 e. The quantitative estimate of drug-likeness (QED) is 0.615. The Kier molecular flexibility index (Phi) is 5.64. The van der Waals surface area contributed by atoms with Gasteiger partial charge in [-0.2, -0.15) is 0 Å². The molecule has 1 aromatic carbocycles. The van der Waals surface area contributed by atoms with E-state index in [1.807, 2.05) is 6.92 Å². The number of esters is 2. The summed E-state index contributed by atoms with van der Waals surface area (Å²) >= 11 is 0. The van der Waals surface area contributed by atoms with E-state index >= 15 is 0 Å². The number of hydrogen-bond acceptors (Lipinski definition) is 6. The number of ether oxygens (including phenoxy) is 2. The molecule has 154 valence electrons. The summed E-state index contributed by atoms with van der Waals surface area (Å²) in [5.74, 6) is -0.903. The number of ketones is 1. The molecule has 0 radical (unpaired) electrons. The Bertz CT molecular complexity index is 921. The van der Waals surface area contributed by atoms with Crippen LogP contribution in [0.5, 0.6) is 5.75 Å². The van der Waals surface area contributed by atoms with Gasteiger partial charge in [0.15, 0.2) is 5.78 Å². The summed E-state index contributed by atoms with van der Waals surface area (Å²) in [5.41, 5.74) is 3.27. The van der Waals surface area contributed by atoms with Crippen LogP contribution in [0, 0.1) is 5.41 Å². The third-order valence-electron chi connectivity index (χ3n) is 5.21. The Morgan fingerprint density at radius 1 is 1.17 bits per heavy atom. The van der Waals surface area contributed by atoms with Crippen molar-refractivity contribution in [1.29, 1.82) is 0 Å². The second-order valence-corrected chi connectivity index (χ2v) is 8.31. The minimum atomic E-state index is -0.514. The number of Topliss-reactive ketones (excluding diaryl/α,β-unsaturated/α-hetero) is 1. The van der Waals surface area contributed by atoms with Gasteiger partial charge in [-0.25, -0.2) is 4.79 Å². The fraction of sp³-hybridized carbons (Fsp3) is 0.435. The predicted molar refractivity (Wildman–Crippen MR) is 108 cm³/mol. The van der Waals surface area contributed by atoms with Crippen LogP contribution in [0.15, 0.2) is 46.8 Å². The average Bonchev–Trinajstić information content (AvgIpc) is 2.59. The van der Waals surface area contributed by atoms with Crippen molar-refractivity contribution >= 4 is 17.7 Å². The molecular weight excluding hydrogens is 370 g/mol. The Labute approximate surface area is 171 Å². The lowest BCUT2D eigenvalue weighted by molar-refractivity contribution is -0.139. The van der Waals surface area contributed by atoms with Crippen molar-refractivity contribution in [1.82, 2.24) is 5.32 Å². The van der Waals surface area contributed by atoms with Gasteiger partial charge in [0.1, 0.15) is 5.75 Å². The van der Waals surface area contributed by atoms with Crippen LogP contribution < -0.4 is 10.1 Å². The van der Waals surface area contributed by atoms with Gasteiger partial charge < -0.3 is 14.8 Å². The third-order valence-corrected chi connectivity index (χ3v) is 5.21. The van der Waals surface area contributed by atoms with Gasteiger partial charge in [-0.1, -0.05) is 26.0 Å². The SMILES string of the molecule is CCOC(=O)C1=C(C)NC2=C(C(=O)CC(C)(C)C2)C1c1ccc(OC(C)=O)cc1. The molecule has 3 rings (SSSR count). The van der Waals surface area contributed by atoms with Crippen molar-refractivity contribution < 1.29 is 23.9 Å². The molecule has 2 aliphatic rings. The van der Waals surface area contributed by atoms with Crippen molar-refractivity contribution in [3.05, 3.63) is 52.4 Å². The van der Waals surface area contributed by atoms with E-state index in [1.54, 1.807) is 31.2 Å². The van der Waals surface area contributed by atoms with E-state index < -0.39 is 17.9 Å². The molecule has 1 unspecified atom stereocenters. The summed E-state index contributed by atoms with van der Waals surface area (Å²) in [7, 11) is 0. The van der Waals surface area contributed by atoms with Crippen molar-refractivity contribution in [2.45, 2.75) is 53.4 Å². The normalized spacial score (nSPS) is 20.7. The molecule has 0 saturated heterocycles. The highest BCUT2D eigenvalue weighted by Gasteiger charge is 2.43. The number of carbonyl (C=O) groups excluding carboxylic acids is 3. The van der Waals surface area contributed by atoms with E-state index in [0.717, 1.165) is 17.7 Å². The van der Waals surface area contributed by atoms with Crippen LogP contribution in [0.4, 0.5) is 0 Å². The first-order valence-corrected chi connectivity index (χ1v) is 9.82. The summed E-state index contributed by atoms with van der Waals surface area (Å²) in [4.78, 5) is 37.1. The zero-order valence-corrected chi connectivity index (χ0v) is 17.5. The number of benzene rings is 1. The van der Waals surface area contributed by atoms with Gasteiger partial charge in [-0.15, -0.1) is 0 Å². The molecule has 0 amide bonds. The Morgan fingerprint density at radius 3 is 2.41 bits per heavy atom. The van der Waals surface area contributed by atoms with Gasteiger partial charge in [0.2, 0.25) is 0 Å². The maximum Gasteiger partial charge on any atom is 0.336 e. The molecule has 6 nitrogen and oxygen atoms in total. The van der Waals surface area contributed by atoms with Crippen LogP contribution in [-0.2, 0) is 19.1 Å². The topological polar surface area (TPSA) is 81.7 Å². The highest BCUT2D eigenvalue weighted by Crippen LogP contribution is 2.46. The third kappa shape index (κ3) is 4.26. The van der Waals surface area contributed by atoms with Crippen molar-refractivity contribution in [3.63, 3.8) is 0 Å². The first-order chi connectivity index (χ1) is 13.6. The minimum absolute atomic E-state index is 0.0344. The second kappa shape index (κ2) is 7.85. The molecule has 29 heavy (non-hydrogen) atoms. The lowest BCUT2D eigenvalue weighted by Gasteiger charge is -2.39. The van der Waals surface area contributed by atoms with Gasteiger partial charge in [0.05, 0.1) is 12.2 Å². The maximum atomic E-state index is 13.1. The summed E-state index contributed by atoms with van der Waals surface area (Å²) < 4.78 is 10.4. The lowest BCUT2D eigenvalue weighted by atomic mass is 9.68. The lowest BCUT2D eigenvalue weighted by Crippen LogP contribution is -2.38. The van der Waals surface area contributed by atoms with Gasteiger partial charge in [0, 0.05) is 36.2 Å². The molecule has 1 aromatic rings. The van der Waals surface area contributed by atoms with E-state index in [4.69, 9.17) is 9.47 Å². The zero-order chi connectivity index (χ0) is 21.3. The first-order valence-electron chi connectivity index (χ1n) is 9.82. The minimum Gasteiger partial charge on any atom is -0.463 e. The summed E-state index contributed by atoms with van der Waals surface area (Å²) in [6, 6.07) is 6.93. The highest BCUT2D eigenvalue weighted by molar-refractivity contribution is 6.04. The number of nitrogens with one attached hydrogen (secondary N) is 1. The molecule has 0 aromatic heterocycles. The summed E-state index contributed by atoms with van der Waals surface area (Å²) in [5, 5.41) is 3.30. The van der Waals surface area contributed by atoms with Crippen LogP contribution in [0.2, 0.25) is 0 Å². The van der Waals surface area contributed by atoms with Crippen molar-refractivity contribution in [2.24, 2.45) is 5.41 Å². The van der Waals surface area contributed by atoms with Gasteiger partial charge >= 0.3 is 11.9 Å². The molecule has 1 atom stereocenters. The van der Waals surface area contributed by atoms with E-state index in [2.05, 4.69) is 19.2 Å². The van der Waals surface area contributed by atoms with E-state index in [0.29, 0.717) is 29.0 Å². The monoisotopic (exact) mass is 397 g/mol. The number of carbonyl (C=O) groups is 3. The van der Waals surface area contributed by atoms with E-state index in [1.165, 1.54) is 6.92 Å². The number of hydrogen-bond donors (Lipinski definition) is 1. The number of allylic oxidation sites excluding steroid dienone is 3.